The molecule has 0 radical (unpaired) electrons. The van der Waals surface area contributed by atoms with Crippen LogP contribution in [0.25, 0.3) is 0 Å². The zero-order chi connectivity index (χ0) is 52.1. The smallest absolute Gasteiger partial charge is 0.335 e. The van der Waals surface area contributed by atoms with Gasteiger partial charge in [-0.3, -0.25) is 4.79 Å². The number of aliphatic hydroxyl groups is 2. The minimum atomic E-state index is -1.83. The van der Waals surface area contributed by atoms with Crippen LogP contribution in [0.3, 0.4) is 0 Å². The molecule has 1 aromatic carbocycles. The SMILES string of the molecule is CC[C@@H](C)[C@@H]1O[C@@]2(C=C[C@H]1C)C[C@H]1C[C@H](C/C=C(\C)[C@H](O[C@@H]3C[C@@H](OC)[C@H](O[C@@H]4C[C@@H](OC)[C@@H](NC)[C@@H](C)O4)[C@@H](C)O3)[C@H](C)/C=C/C=C3\CO[C@H]4[C@@H](O)C(C)=C[C@H](C(=O)O1)[C@@]34O)O2.O=C(O)c1ccccc1. The van der Waals surface area contributed by atoms with E-state index in [1.165, 1.54) is 0 Å². The normalized spacial score (nSPS) is 43.6. The van der Waals surface area contributed by atoms with Gasteiger partial charge in [-0.05, 0) is 82.0 Å². The number of likely N-dealkylation sites (N-methyl/N-ethyl adjacent to an activating group) is 1. The number of hydrogen-bond donors (Lipinski definition) is 4. The van der Waals surface area contributed by atoms with Gasteiger partial charge in [0.25, 0.3) is 0 Å². The van der Waals surface area contributed by atoms with Gasteiger partial charge < -0.3 is 68.0 Å². The second-order valence-corrected chi connectivity index (χ2v) is 21.0. The highest BCUT2D eigenvalue weighted by atomic mass is 16.7. The maximum absolute atomic E-state index is 14.4. The van der Waals surface area contributed by atoms with Gasteiger partial charge in [0.15, 0.2) is 18.4 Å². The lowest BCUT2D eigenvalue weighted by Gasteiger charge is -2.48. The number of carbonyl (C=O) groups is 2. The second-order valence-electron chi connectivity index (χ2n) is 21.0. The van der Waals surface area contributed by atoms with E-state index in [9.17, 15) is 19.8 Å². The third-order valence-electron chi connectivity index (χ3n) is 15.9. The number of rotatable bonds is 10. The van der Waals surface area contributed by atoms with E-state index in [0.29, 0.717) is 48.8 Å². The predicted octanol–water partition coefficient (Wildman–Crippen LogP) is 6.99. The number of hydrogen-bond acceptors (Lipinski definition) is 15. The molecule has 400 valence electrons. The summed E-state index contributed by atoms with van der Waals surface area (Å²) in [5, 5.41) is 35.4. The van der Waals surface area contributed by atoms with Crippen LogP contribution in [0.5, 0.6) is 0 Å². The predicted molar refractivity (Wildman–Crippen MR) is 268 cm³/mol. The lowest BCUT2D eigenvalue weighted by Crippen LogP contribution is -2.58. The summed E-state index contributed by atoms with van der Waals surface area (Å²) in [5.41, 5.74) is 0.511. The van der Waals surface area contributed by atoms with Crippen LogP contribution < -0.4 is 5.32 Å². The molecule has 1 aromatic rings. The molecule has 6 heterocycles. The Bertz CT molecular complexity index is 2140. The molecule has 2 bridgehead atoms. The zero-order valence-corrected chi connectivity index (χ0v) is 44.0. The van der Waals surface area contributed by atoms with Crippen molar-refractivity contribution < 1.29 is 72.3 Å². The maximum atomic E-state index is 14.4. The minimum Gasteiger partial charge on any atom is -0.478 e. The number of esters is 1. The first-order chi connectivity index (χ1) is 34.3. The molecule has 4 saturated heterocycles. The second kappa shape index (κ2) is 24.4. The molecule has 4 fully saturated rings. The summed E-state index contributed by atoms with van der Waals surface area (Å²) >= 11 is 0. The molecule has 72 heavy (non-hydrogen) atoms. The van der Waals surface area contributed by atoms with Crippen molar-refractivity contribution >= 4 is 11.9 Å². The highest BCUT2D eigenvalue weighted by Crippen LogP contribution is 2.47. The number of aromatic carboxylic acids is 1. The van der Waals surface area contributed by atoms with Crippen molar-refractivity contribution in [3.05, 3.63) is 95.1 Å². The summed E-state index contributed by atoms with van der Waals surface area (Å²) in [7, 11) is 5.30. The summed E-state index contributed by atoms with van der Waals surface area (Å²) < 4.78 is 64.6. The van der Waals surface area contributed by atoms with Crippen LogP contribution in [-0.2, 0) is 52.2 Å². The molecule has 6 aliphatic heterocycles. The highest BCUT2D eigenvalue weighted by Gasteiger charge is 2.60. The maximum Gasteiger partial charge on any atom is 0.335 e. The molecule has 16 nitrogen and oxygen atoms in total. The third kappa shape index (κ3) is 12.4. The molecular formula is C56H81NO15. The number of fused-ring (bicyclic) bond motifs is 2. The molecular weight excluding hydrogens is 927 g/mol. The summed E-state index contributed by atoms with van der Waals surface area (Å²) in [4.78, 5) is 24.6. The number of benzene rings is 1. The number of allylic oxidation sites excluding steroid dienone is 2. The molecule has 0 aromatic heterocycles. The molecule has 0 unspecified atom stereocenters. The van der Waals surface area contributed by atoms with E-state index in [-0.39, 0.29) is 67.0 Å². The van der Waals surface area contributed by atoms with E-state index in [4.69, 9.17) is 52.5 Å². The topological polar surface area (TPSA) is 199 Å². The van der Waals surface area contributed by atoms with E-state index in [2.05, 4.69) is 52.1 Å². The van der Waals surface area contributed by atoms with Gasteiger partial charge in [-0.25, -0.2) is 4.79 Å². The van der Waals surface area contributed by atoms with Crippen molar-refractivity contribution in [3.63, 3.8) is 0 Å². The summed E-state index contributed by atoms with van der Waals surface area (Å²) in [6.45, 7) is 16.4. The standard InChI is InChI=1S/C49H75NO13.C7H6O2/c1-12-26(2)44-29(5)18-19-48(63-44)24-35-21-34(62-48)17-16-28(4)43(27(3)14-13-15-33-25-56-46-42(51)30(6)20-36(47(52)59-35)49(33,46)53)60-40-23-38(55-11)45(32(8)58-40)61-39-22-37(54-10)41(50-9)31(7)57-39;8-7(9)6-4-2-1-3-5-6/h13-16,18-20,26-27,29,31-32,34-46,50-51,53H,12,17,21-25H2,1-11H3;1-5H,(H,8,9)/b14-13+,28-16+,33-15+;/t26-,27-,29-,31-,32-,34+,35-,36-,37-,38-,39-,40-,41+,42+,43-,44+,45-,46+,48+,49+;/m1./s1. The van der Waals surface area contributed by atoms with E-state index >= 15 is 0 Å². The van der Waals surface area contributed by atoms with Crippen LogP contribution in [0.1, 0.15) is 104 Å². The first-order valence-electron chi connectivity index (χ1n) is 26.0. The first kappa shape index (κ1) is 56.1. The molecule has 7 aliphatic rings. The molecule has 8 rings (SSSR count). The number of carboxylic acid groups (broad SMARTS) is 1. The van der Waals surface area contributed by atoms with Crippen LogP contribution in [0.4, 0.5) is 0 Å². The average Bonchev–Trinajstić information content (AvgIpc) is 3.70. The molecule has 4 N–H and O–H groups in total. The Morgan fingerprint density at radius 2 is 1.60 bits per heavy atom. The van der Waals surface area contributed by atoms with Crippen molar-refractivity contribution in [2.75, 3.05) is 27.9 Å². The summed E-state index contributed by atoms with van der Waals surface area (Å²) in [6.07, 6.45) is 10.7. The molecule has 0 saturated carbocycles. The number of carboxylic acids is 1. The average molecular weight is 1010 g/mol. The number of ether oxygens (including phenoxy) is 10. The van der Waals surface area contributed by atoms with Crippen LogP contribution in [0, 0.1) is 23.7 Å². The summed E-state index contributed by atoms with van der Waals surface area (Å²) in [6, 6.07) is 8.34. The highest BCUT2D eigenvalue weighted by molar-refractivity contribution is 5.87. The Labute approximate surface area is 426 Å². The lowest BCUT2D eigenvalue weighted by molar-refractivity contribution is -0.312. The number of methoxy groups -OCH3 is 2. The Kier molecular flexibility index (Phi) is 19.0. The van der Waals surface area contributed by atoms with Gasteiger partial charge in [-0.2, -0.15) is 0 Å². The van der Waals surface area contributed by atoms with E-state index in [1.54, 1.807) is 63.6 Å². The molecule has 20 atom stereocenters. The van der Waals surface area contributed by atoms with Gasteiger partial charge in [0.1, 0.15) is 35.9 Å². The molecule has 1 spiro atoms. The van der Waals surface area contributed by atoms with Gasteiger partial charge in [0.2, 0.25) is 0 Å². The van der Waals surface area contributed by atoms with Crippen molar-refractivity contribution in [2.24, 2.45) is 23.7 Å². The Balaban J connectivity index is 0.000000761. The zero-order valence-electron chi connectivity index (χ0n) is 44.0. The van der Waals surface area contributed by atoms with Gasteiger partial charge >= 0.3 is 11.9 Å². The Hall–Kier alpha value is -3.62. The van der Waals surface area contributed by atoms with E-state index < -0.39 is 72.3 Å². The lowest BCUT2D eigenvalue weighted by atomic mass is 9.71. The van der Waals surface area contributed by atoms with Crippen LogP contribution in [-0.4, -0.2) is 152 Å². The fourth-order valence-corrected chi connectivity index (χ4v) is 11.6. The monoisotopic (exact) mass is 1010 g/mol. The van der Waals surface area contributed by atoms with Crippen molar-refractivity contribution in [3.8, 4) is 0 Å². The molecule has 1 aliphatic carbocycles. The van der Waals surface area contributed by atoms with Gasteiger partial charge in [0.05, 0.1) is 60.9 Å². The van der Waals surface area contributed by atoms with Crippen LogP contribution >= 0.6 is 0 Å². The summed E-state index contributed by atoms with van der Waals surface area (Å²) in [5.74, 6) is -3.39. The van der Waals surface area contributed by atoms with Crippen LogP contribution in [0.15, 0.2) is 89.6 Å². The fraction of sp³-hybridized carbons (Fsp3) is 0.679. The van der Waals surface area contributed by atoms with E-state index in [0.717, 1.165) is 12.0 Å². The van der Waals surface area contributed by atoms with Crippen molar-refractivity contribution in [2.45, 2.75) is 191 Å². The fourth-order valence-electron chi connectivity index (χ4n) is 11.6. The largest absolute Gasteiger partial charge is 0.478 e. The van der Waals surface area contributed by atoms with Crippen molar-refractivity contribution in [1.29, 1.82) is 0 Å². The number of aliphatic hydroxyl groups excluding tert-OH is 1. The number of nitrogens with one attached hydrogen (secondary N) is 1. The third-order valence-corrected chi connectivity index (χ3v) is 15.9. The Morgan fingerprint density at radius 1 is 0.903 bits per heavy atom. The van der Waals surface area contributed by atoms with Gasteiger partial charge in [0, 0.05) is 51.7 Å². The van der Waals surface area contributed by atoms with Crippen molar-refractivity contribution in [1.82, 2.24) is 5.32 Å². The first-order valence-corrected chi connectivity index (χ1v) is 26.0. The van der Waals surface area contributed by atoms with E-state index in [1.807, 2.05) is 39.1 Å². The minimum absolute atomic E-state index is 0.0411. The van der Waals surface area contributed by atoms with Crippen LogP contribution in [0.2, 0.25) is 0 Å². The number of carbonyl (C=O) groups excluding carboxylic acids is 1. The molecule has 0 amide bonds. The molecule has 16 heteroatoms. The van der Waals surface area contributed by atoms with Gasteiger partial charge in [-0.1, -0.05) is 88.8 Å². The quantitative estimate of drug-likeness (QED) is 0.138. The Morgan fingerprint density at radius 3 is 2.26 bits per heavy atom. The van der Waals surface area contributed by atoms with Gasteiger partial charge in [-0.15, -0.1) is 0 Å².